The van der Waals surface area contributed by atoms with Crippen molar-refractivity contribution < 1.29 is 4.79 Å². The van der Waals surface area contributed by atoms with Crippen LogP contribution in [0.25, 0.3) is 0 Å². The van der Waals surface area contributed by atoms with E-state index in [1.54, 1.807) is 4.90 Å². The Morgan fingerprint density at radius 2 is 2.22 bits per heavy atom. The standard InChI is InChI=1S/C11H16N4O3/c1-2-15(7-3-4-12-6-7)10(17)8-5-9(16)14-11(18)13-8/h5,7,12H,2-4,6H2,1H3,(H2,13,14,16,18). The predicted octanol–water partition coefficient (Wildman–Crippen LogP) is -1.11. The molecule has 0 bridgehead atoms. The number of amides is 1. The largest absolute Gasteiger partial charge is 0.333 e. The molecule has 2 rings (SSSR count). The lowest BCUT2D eigenvalue weighted by molar-refractivity contribution is 0.0697. The van der Waals surface area contributed by atoms with Gasteiger partial charge in [0, 0.05) is 25.2 Å². The summed E-state index contributed by atoms with van der Waals surface area (Å²) in [5.41, 5.74) is -1.19. The molecule has 7 nitrogen and oxygen atoms in total. The first kappa shape index (κ1) is 12.6. The molecule has 0 spiro atoms. The second-order valence-electron chi connectivity index (χ2n) is 4.24. The van der Waals surface area contributed by atoms with Gasteiger partial charge in [0.1, 0.15) is 5.69 Å². The third-order valence-electron chi connectivity index (χ3n) is 3.07. The van der Waals surface area contributed by atoms with Crippen LogP contribution < -0.4 is 16.6 Å². The molecule has 0 saturated carbocycles. The van der Waals surface area contributed by atoms with Crippen LogP contribution in [0.4, 0.5) is 0 Å². The zero-order valence-electron chi connectivity index (χ0n) is 10.2. The molecule has 0 aromatic carbocycles. The van der Waals surface area contributed by atoms with Crippen LogP contribution in [0, 0.1) is 0 Å². The minimum atomic E-state index is -0.661. The van der Waals surface area contributed by atoms with Crippen LogP contribution in [0.15, 0.2) is 15.7 Å². The maximum Gasteiger partial charge on any atom is 0.326 e. The highest BCUT2D eigenvalue weighted by molar-refractivity contribution is 5.92. The third kappa shape index (κ3) is 2.51. The number of nitrogens with zero attached hydrogens (tertiary/aromatic N) is 1. The molecule has 7 heteroatoms. The molecule has 1 aliphatic rings. The molecule has 1 aliphatic heterocycles. The highest BCUT2D eigenvalue weighted by Crippen LogP contribution is 2.10. The van der Waals surface area contributed by atoms with E-state index in [0.29, 0.717) is 6.54 Å². The molecule has 18 heavy (non-hydrogen) atoms. The highest BCUT2D eigenvalue weighted by atomic mass is 16.2. The van der Waals surface area contributed by atoms with Gasteiger partial charge in [0.25, 0.3) is 11.5 Å². The van der Waals surface area contributed by atoms with Crippen molar-refractivity contribution in [3.63, 3.8) is 0 Å². The van der Waals surface area contributed by atoms with Gasteiger partial charge in [0.05, 0.1) is 0 Å². The summed E-state index contributed by atoms with van der Waals surface area (Å²) in [6.45, 7) is 4.04. The number of likely N-dealkylation sites (N-methyl/N-ethyl adjacent to an activating group) is 1. The molecule has 3 N–H and O–H groups in total. The van der Waals surface area contributed by atoms with Gasteiger partial charge in [-0.1, -0.05) is 0 Å². The minimum absolute atomic E-state index is 0.0394. The van der Waals surface area contributed by atoms with Gasteiger partial charge in [-0.05, 0) is 19.9 Å². The Kier molecular flexibility index (Phi) is 3.61. The van der Waals surface area contributed by atoms with E-state index >= 15 is 0 Å². The second-order valence-corrected chi connectivity index (χ2v) is 4.24. The molecule has 0 aliphatic carbocycles. The van der Waals surface area contributed by atoms with Crippen molar-refractivity contribution >= 4 is 5.91 Å². The number of nitrogens with one attached hydrogen (secondary N) is 3. The number of hydrogen-bond acceptors (Lipinski definition) is 4. The smallest absolute Gasteiger partial charge is 0.326 e. The van der Waals surface area contributed by atoms with Crippen molar-refractivity contribution in [3.05, 3.63) is 32.6 Å². The Bertz CT molecular complexity index is 513. The second kappa shape index (κ2) is 5.18. The van der Waals surface area contributed by atoms with E-state index in [-0.39, 0.29) is 17.6 Å². The SMILES string of the molecule is CCN(C(=O)c1cc(=O)[nH]c(=O)[nH]1)C1CCNC1. The lowest BCUT2D eigenvalue weighted by Gasteiger charge is -2.26. The Labute approximate surface area is 103 Å². The van der Waals surface area contributed by atoms with E-state index in [1.807, 2.05) is 11.9 Å². The molecule has 1 fully saturated rings. The van der Waals surface area contributed by atoms with Gasteiger partial charge in [-0.3, -0.25) is 14.6 Å². The number of H-pyrrole nitrogens is 2. The van der Waals surface area contributed by atoms with E-state index in [2.05, 4.69) is 10.3 Å². The van der Waals surface area contributed by atoms with E-state index in [0.717, 1.165) is 25.6 Å². The summed E-state index contributed by atoms with van der Waals surface area (Å²) < 4.78 is 0. The topological polar surface area (TPSA) is 98.1 Å². The summed E-state index contributed by atoms with van der Waals surface area (Å²) in [5.74, 6) is -0.311. The van der Waals surface area contributed by atoms with Gasteiger partial charge in [-0.15, -0.1) is 0 Å². The van der Waals surface area contributed by atoms with Crippen molar-refractivity contribution in [2.24, 2.45) is 0 Å². The van der Waals surface area contributed by atoms with Crippen molar-refractivity contribution in [2.45, 2.75) is 19.4 Å². The quantitative estimate of drug-likeness (QED) is 0.635. The normalized spacial score (nSPS) is 18.8. The average molecular weight is 252 g/mol. The third-order valence-corrected chi connectivity index (χ3v) is 3.07. The van der Waals surface area contributed by atoms with Crippen LogP contribution in [0.3, 0.4) is 0 Å². The van der Waals surface area contributed by atoms with Crippen molar-refractivity contribution in [2.75, 3.05) is 19.6 Å². The van der Waals surface area contributed by atoms with Crippen molar-refractivity contribution in [3.8, 4) is 0 Å². The Morgan fingerprint density at radius 1 is 1.44 bits per heavy atom. The summed E-state index contributed by atoms with van der Waals surface area (Å²) in [6, 6.07) is 1.24. The maximum atomic E-state index is 12.2. The fourth-order valence-electron chi connectivity index (χ4n) is 2.21. The fourth-order valence-corrected chi connectivity index (χ4v) is 2.21. The molecule has 0 radical (unpaired) electrons. The van der Waals surface area contributed by atoms with E-state index in [4.69, 9.17) is 0 Å². The minimum Gasteiger partial charge on any atom is -0.333 e. The number of carbonyl (C=O) groups is 1. The van der Waals surface area contributed by atoms with Gasteiger partial charge >= 0.3 is 5.69 Å². The zero-order chi connectivity index (χ0) is 13.1. The molecule has 2 heterocycles. The first-order chi connectivity index (χ1) is 8.61. The summed E-state index contributed by atoms with van der Waals surface area (Å²) >= 11 is 0. The molecule has 1 unspecified atom stereocenters. The lowest BCUT2D eigenvalue weighted by Crippen LogP contribution is -2.43. The number of aromatic amines is 2. The molecule has 1 amide bonds. The van der Waals surface area contributed by atoms with Crippen LogP contribution in [0.2, 0.25) is 0 Å². The van der Waals surface area contributed by atoms with E-state index in [9.17, 15) is 14.4 Å². The van der Waals surface area contributed by atoms with Crippen LogP contribution in [0.5, 0.6) is 0 Å². The Balaban J connectivity index is 2.27. The molecular weight excluding hydrogens is 236 g/mol. The van der Waals surface area contributed by atoms with Crippen LogP contribution in [0.1, 0.15) is 23.8 Å². The molecule has 1 aromatic rings. The number of rotatable bonds is 3. The van der Waals surface area contributed by atoms with Gasteiger partial charge in [-0.25, -0.2) is 4.79 Å². The summed E-state index contributed by atoms with van der Waals surface area (Å²) in [7, 11) is 0. The molecule has 1 saturated heterocycles. The molecular formula is C11H16N4O3. The zero-order valence-corrected chi connectivity index (χ0v) is 10.2. The van der Waals surface area contributed by atoms with Gasteiger partial charge in [-0.2, -0.15) is 0 Å². The van der Waals surface area contributed by atoms with E-state index in [1.165, 1.54) is 0 Å². The van der Waals surface area contributed by atoms with E-state index < -0.39 is 11.2 Å². The van der Waals surface area contributed by atoms with Crippen LogP contribution in [-0.2, 0) is 0 Å². The Hall–Kier alpha value is -1.89. The van der Waals surface area contributed by atoms with Crippen molar-refractivity contribution in [1.29, 1.82) is 0 Å². The molecule has 98 valence electrons. The van der Waals surface area contributed by atoms with Gasteiger partial charge in [0.2, 0.25) is 0 Å². The maximum absolute atomic E-state index is 12.2. The first-order valence-corrected chi connectivity index (χ1v) is 5.97. The van der Waals surface area contributed by atoms with Crippen LogP contribution in [-0.4, -0.2) is 46.5 Å². The van der Waals surface area contributed by atoms with Crippen molar-refractivity contribution in [1.82, 2.24) is 20.2 Å². The molecule has 1 atom stereocenters. The molecule has 1 aromatic heterocycles. The monoisotopic (exact) mass is 252 g/mol. The highest BCUT2D eigenvalue weighted by Gasteiger charge is 2.26. The number of hydrogen-bond donors (Lipinski definition) is 3. The van der Waals surface area contributed by atoms with Crippen LogP contribution >= 0.6 is 0 Å². The first-order valence-electron chi connectivity index (χ1n) is 5.97. The van der Waals surface area contributed by atoms with Gasteiger partial charge in [0.15, 0.2) is 0 Å². The Morgan fingerprint density at radius 3 is 2.78 bits per heavy atom. The summed E-state index contributed by atoms with van der Waals surface area (Å²) in [5, 5.41) is 3.18. The summed E-state index contributed by atoms with van der Waals surface area (Å²) in [6.07, 6.45) is 0.882. The predicted molar refractivity (Wildman–Crippen MR) is 65.7 cm³/mol. The average Bonchev–Trinajstić information content (AvgIpc) is 2.82. The lowest BCUT2D eigenvalue weighted by atomic mass is 10.2. The van der Waals surface area contributed by atoms with Gasteiger partial charge < -0.3 is 15.2 Å². The fraction of sp³-hybridized carbons (Fsp3) is 0.545. The number of carbonyl (C=O) groups excluding carboxylic acids is 1. The number of aromatic nitrogens is 2. The summed E-state index contributed by atoms with van der Waals surface area (Å²) in [4.78, 5) is 40.7.